The maximum absolute atomic E-state index is 5.61. The summed E-state index contributed by atoms with van der Waals surface area (Å²) in [7, 11) is 1.83. The highest BCUT2D eigenvalue weighted by Crippen LogP contribution is 2.19. The summed E-state index contributed by atoms with van der Waals surface area (Å²) >= 11 is 0. The third kappa shape index (κ3) is 10.9. The van der Waals surface area contributed by atoms with Crippen molar-refractivity contribution in [2.75, 3.05) is 46.6 Å². The minimum absolute atomic E-state index is 0. The van der Waals surface area contributed by atoms with Gasteiger partial charge in [0.2, 0.25) is 0 Å². The van der Waals surface area contributed by atoms with Crippen LogP contribution < -0.4 is 10.6 Å². The number of piperidine rings is 1. The molecule has 0 aliphatic carbocycles. The summed E-state index contributed by atoms with van der Waals surface area (Å²) in [4.78, 5) is 6.93. The Morgan fingerprint density at radius 3 is 2.53 bits per heavy atom. The molecule has 0 aromatic heterocycles. The van der Waals surface area contributed by atoms with Crippen LogP contribution in [-0.2, 0) is 16.0 Å². The number of guanidine groups is 1. The molecule has 1 fully saturated rings. The normalized spacial score (nSPS) is 19.9. The highest BCUT2D eigenvalue weighted by atomic mass is 127. The highest BCUT2D eigenvalue weighted by molar-refractivity contribution is 14.0. The predicted octanol–water partition coefficient (Wildman–Crippen LogP) is 3.66. The number of benzene rings is 1. The van der Waals surface area contributed by atoms with Gasteiger partial charge in [-0.2, -0.15) is 0 Å². The number of nitrogens with zero attached hydrogens (tertiary/aromatic N) is 2. The molecule has 1 aromatic carbocycles. The number of hydrogen-bond acceptors (Lipinski definition) is 4. The zero-order valence-electron chi connectivity index (χ0n) is 18.9. The number of nitrogens with one attached hydrogen (secondary N) is 2. The Hall–Kier alpha value is -0.900. The smallest absolute Gasteiger partial charge is 0.191 e. The van der Waals surface area contributed by atoms with E-state index >= 15 is 0 Å². The highest BCUT2D eigenvalue weighted by Gasteiger charge is 2.25. The van der Waals surface area contributed by atoms with Crippen molar-refractivity contribution in [3.8, 4) is 0 Å². The first-order chi connectivity index (χ1) is 14.2. The van der Waals surface area contributed by atoms with Gasteiger partial charge in [0, 0.05) is 45.4 Å². The Morgan fingerprint density at radius 1 is 1.13 bits per heavy atom. The predicted molar refractivity (Wildman–Crippen MR) is 136 cm³/mol. The van der Waals surface area contributed by atoms with Crippen LogP contribution in [0.1, 0.15) is 45.1 Å². The van der Waals surface area contributed by atoms with Crippen LogP contribution in [0, 0.1) is 0 Å². The van der Waals surface area contributed by atoms with Crippen LogP contribution in [0.4, 0.5) is 0 Å². The molecule has 2 N–H and O–H groups in total. The number of aliphatic imine (C=N–C) groups is 1. The summed E-state index contributed by atoms with van der Waals surface area (Å²) < 4.78 is 11.1. The fourth-order valence-corrected chi connectivity index (χ4v) is 3.60. The lowest BCUT2D eigenvalue weighted by Crippen LogP contribution is -2.51. The first-order valence-corrected chi connectivity index (χ1v) is 11.1. The van der Waals surface area contributed by atoms with E-state index < -0.39 is 0 Å². The lowest BCUT2D eigenvalue weighted by Gasteiger charge is -2.38. The molecule has 0 bridgehead atoms. The van der Waals surface area contributed by atoms with E-state index in [2.05, 4.69) is 64.7 Å². The summed E-state index contributed by atoms with van der Waals surface area (Å²) in [5.74, 6) is 0.863. The van der Waals surface area contributed by atoms with Crippen molar-refractivity contribution in [3.63, 3.8) is 0 Å². The maximum Gasteiger partial charge on any atom is 0.191 e. The number of hydrogen-bond donors (Lipinski definition) is 2. The first kappa shape index (κ1) is 27.1. The van der Waals surface area contributed by atoms with Crippen LogP contribution in [0.3, 0.4) is 0 Å². The molecule has 0 saturated carbocycles. The molecule has 0 spiro atoms. The molecule has 2 atom stereocenters. The number of likely N-dealkylation sites (tertiary alicyclic amines) is 1. The van der Waals surface area contributed by atoms with Gasteiger partial charge in [0.15, 0.2) is 5.96 Å². The van der Waals surface area contributed by atoms with Crippen LogP contribution in [0.2, 0.25) is 0 Å². The summed E-state index contributed by atoms with van der Waals surface area (Å²) in [5, 5.41) is 6.93. The number of rotatable bonds is 12. The zero-order valence-corrected chi connectivity index (χ0v) is 21.3. The molecule has 2 rings (SSSR count). The number of halogens is 1. The second-order valence-electron chi connectivity index (χ2n) is 7.75. The molecular weight excluding hydrogens is 491 g/mol. The van der Waals surface area contributed by atoms with E-state index in [4.69, 9.17) is 9.47 Å². The summed E-state index contributed by atoms with van der Waals surface area (Å²) in [5.41, 5.74) is 1.39. The minimum Gasteiger partial charge on any atom is -0.379 e. The van der Waals surface area contributed by atoms with Crippen LogP contribution in [0.5, 0.6) is 0 Å². The quantitative estimate of drug-likeness (QED) is 0.186. The lowest BCUT2D eigenvalue weighted by molar-refractivity contribution is 0.0487. The number of unbranched alkanes of at least 4 members (excludes halogenated alkanes) is 1. The molecule has 1 heterocycles. The van der Waals surface area contributed by atoms with Gasteiger partial charge in [0.1, 0.15) is 0 Å². The van der Waals surface area contributed by atoms with E-state index in [9.17, 15) is 0 Å². The van der Waals surface area contributed by atoms with Crippen LogP contribution in [-0.4, -0.2) is 69.5 Å². The molecule has 1 saturated heterocycles. The van der Waals surface area contributed by atoms with Crippen LogP contribution >= 0.6 is 24.0 Å². The largest absolute Gasteiger partial charge is 0.379 e. The third-order valence-corrected chi connectivity index (χ3v) is 5.36. The van der Waals surface area contributed by atoms with Crippen LogP contribution in [0.25, 0.3) is 0 Å². The standard InChI is InChI=1S/C23H40N4O2.HI/c1-4-5-14-28-16-17-29-15-12-25-23(24-3)26-22-11-13-27(20(2)18-22)19-21-9-7-6-8-10-21;/h6-10,20,22H,4-5,11-19H2,1-3H3,(H2,24,25,26);1H. The molecule has 172 valence electrons. The van der Waals surface area contributed by atoms with Crippen molar-refractivity contribution in [1.29, 1.82) is 0 Å². The average Bonchev–Trinajstić information content (AvgIpc) is 2.74. The summed E-state index contributed by atoms with van der Waals surface area (Å²) in [6.45, 7) is 10.2. The van der Waals surface area contributed by atoms with E-state index in [0.717, 1.165) is 51.5 Å². The van der Waals surface area contributed by atoms with Gasteiger partial charge in [0.25, 0.3) is 0 Å². The zero-order chi connectivity index (χ0) is 20.7. The molecule has 1 aliphatic heterocycles. The van der Waals surface area contributed by atoms with Gasteiger partial charge in [-0.3, -0.25) is 9.89 Å². The average molecular weight is 533 g/mol. The van der Waals surface area contributed by atoms with E-state index in [-0.39, 0.29) is 24.0 Å². The Kier molecular flexibility index (Phi) is 15.2. The van der Waals surface area contributed by atoms with Crippen molar-refractivity contribution in [2.24, 2.45) is 4.99 Å². The Morgan fingerprint density at radius 2 is 1.87 bits per heavy atom. The van der Waals surface area contributed by atoms with Gasteiger partial charge >= 0.3 is 0 Å². The van der Waals surface area contributed by atoms with E-state index in [1.807, 2.05) is 7.05 Å². The van der Waals surface area contributed by atoms with Crippen LogP contribution in [0.15, 0.2) is 35.3 Å². The fraction of sp³-hybridized carbons (Fsp3) is 0.696. The molecule has 7 heteroatoms. The van der Waals surface area contributed by atoms with Gasteiger partial charge in [-0.25, -0.2) is 0 Å². The van der Waals surface area contributed by atoms with Gasteiger partial charge in [-0.1, -0.05) is 43.7 Å². The van der Waals surface area contributed by atoms with Crippen molar-refractivity contribution < 1.29 is 9.47 Å². The van der Waals surface area contributed by atoms with E-state index in [0.29, 0.717) is 31.9 Å². The van der Waals surface area contributed by atoms with E-state index in [1.54, 1.807) is 0 Å². The van der Waals surface area contributed by atoms with Crippen molar-refractivity contribution in [2.45, 2.75) is 58.2 Å². The monoisotopic (exact) mass is 532 g/mol. The minimum atomic E-state index is 0. The SMILES string of the molecule is CCCCOCCOCCNC(=NC)NC1CCN(Cc2ccccc2)C(C)C1.I. The molecular formula is C23H41IN4O2. The second-order valence-corrected chi connectivity index (χ2v) is 7.75. The molecule has 1 aromatic rings. The summed E-state index contributed by atoms with van der Waals surface area (Å²) in [6, 6.07) is 11.7. The topological polar surface area (TPSA) is 58.1 Å². The fourth-order valence-electron chi connectivity index (χ4n) is 3.60. The molecule has 6 nitrogen and oxygen atoms in total. The van der Waals surface area contributed by atoms with Gasteiger partial charge in [-0.15, -0.1) is 24.0 Å². The van der Waals surface area contributed by atoms with Crippen molar-refractivity contribution in [1.82, 2.24) is 15.5 Å². The van der Waals surface area contributed by atoms with Gasteiger partial charge in [0.05, 0.1) is 19.8 Å². The number of ether oxygens (including phenoxy) is 2. The Bertz CT molecular complexity index is 574. The summed E-state index contributed by atoms with van der Waals surface area (Å²) in [6.07, 6.45) is 4.54. The van der Waals surface area contributed by atoms with E-state index in [1.165, 1.54) is 12.0 Å². The van der Waals surface area contributed by atoms with Crippen molar-refractivity contribution >= 4 is 29.9 Å². The first-order valence-electron chi connectivity index (χ1n) is 11.1. The van der Waals surface area contributed by atoms with Crippen molar-refractivity contribution in [3.05, 3.63) is 35.9 Å². The lowest BCUT2D eigenvalue weighted by atomic mass is 9.97. The molecule has 2 unspecified atom stereocenters. The molecule has 30 heavy (non-hydrogen) atoms. The molecule has 1 aliphatic rings. The second kappa shape index (κ2) is 16.8. The molecule has 0 radical (unpaired) electrons. The Labute approximate surface area is 200 Å². The molecule has 0 amide bonds. The van der Waals surface area contributed by atoms with Gasteiger partial charge < -0.3 is 20.1 Å². The Balaban J connectivity index is 0.00000450. The maximum atomic E-state index is 5.61. The van der Waals surface area contributed by atoms with Gasteiger partial charge in [-0.05, 0) is 31.7 Å². The third-order valence-electron chi connectivity index (χ3n) is 5.36.